The van der Waals surface area contributed by atoms with E-state index in [0.717, 1.165) is 0 Å². The molecule has 25 heavy (non-hydrogen) atoms. The standard InChI is InChI=1S/C16H13F2N3O3S/c1-9-20-14-11(5-6-25-14)15(22)21(9)19-8-10-3-4-12(24-16(17)18)13(7-10)23-2/h3-8,16H,1-2H3. The number of halogens is 2. The van der Waals surface area contributed by atoms with Gasteiger partial charge in [0, 0.05) is 0 Å². The van der Waals surface area contributed by atoms with E-state index in [9.17, 15) is 13.6 Å². The maximum absolute atomic E-state index is 12.4. The zero-order valence-corrected chi connectivity index (χ0v) is 14.1. The van der Waals surface area contributed by atoms with Gasteiger partial charge in [-0.05, 0) is 42.1 Å². The molecule has 0 aliphatic heterocycles. The smallest absolute Gasteiger partial charge is 0.387 e. The van der Waals surface area contributed by atoms with Gasteiger partial charge in [-0.3, -0.25) is 4.79 Å². The van der Waals surface area contributed by atoms with Crippen molar-refractivity contribution in [1.29, 1.82) is 0 Å². The third kappa shape index (κ3) is 3.50. The van der Waals surface area contributed by atoms with Crippen molar-refractivity contribution in [3.63, 3.8) is 0 Å². The summed E-state index contributed by atoms with van der Waals surface area (Å²) in [6, 6.07) is 6.06. The lowest BCUT2D eigenvalue weighted by Gasteiger charge is -2.10. The minimum Gasteiger partial charge on any atom is -0.493 e. The average Bonchev–Trinajstić information content (AvgIpc) is 3.03. The molecular formula is C16H13F2N3O3S. The van der Waals surface area contributed by atoms with Gasteiger partial charge in [0.25, 0.3) is 5.56 Å². The summed E-state index contributed by atoms with van der Waals surface area (Å²) in [4.78, 5) is 17.4. The molecule has 0 amide bonds. The van der Waals surface area contributed by atoms with Crippen molar-refractivity contribution >= 4 is 27.8 Å². The monoisotopic (exact) mass is 365 g/mol. The second kappa shape index (κ2) is 6.98. The van der Waals surface area contributed by atoms with Gasteiger partial charge in [-0.2, -0.15) is 18.6 Å². The highest BCUT2D eigenvalue weighted by Crippen LogP contribution is 2.29. The zero-order valence-electron chi connectivity index (χ0n) is 13.3. The Bertz CT molecular complexity index is 998. The maximum Gasteiger partial charge on any atom is 0.387 e. The molecule has 2 heterocycles. The Balaban J connectivity index is 1.96. The number of hydrogen-bond donors (Lipinski definition) is 0. The molecule has 1 aromatic carbocycles. The first kappa shape index (κ1) is 17.0. The topological polar surface area (TPSA) is 65.7 Å². The van der Waals surface area contributed by atoms with Crippen LogP contribution in [0.3, 0.4) is 0 Å². The largest absolute Gasteiger partial charge is 0.493 e. The number of fused-ring (bicyclic) bond motifs is 1. The molecule has 130 valence electrons. The Kier molecular flexibility index (Phi) is 4.75. The van der Waals surface area contributed by atoms with E-state index in [1.807, 2.05) is 0 Å². The van der Waals surface area contributed by atoms with E-state index >= 15 is 0 Å². The molecule has 6 nitrogen and oxygen atoms in total. The summed E-state index contributed by atoms with van der Waals surface area (Å²) in [6.45, 7) is -1.27. The van der Waals surface area contributed by atoms with E-state index in [-0.39, 0.29) is 17.1 Å². The first-order valence-corrected chi connectivity index (χ1v) is 8.01. The normalized spacial score (nSPS) is 11.6. The number of ether oxygens (including phenoxy) is 2. The minimum atomic E-state index is -2.95. The van der Waals surface area contributed by atoms with Gasteiger partial charge in [-0.15, -0.1) is 11.3 Å². The van der Waals surface area contributed by atoms with Crippen LogP contribution < -0.4 is 15.0 Å². The van der Waals surface area contributed by atoms with E-state index in [4.69, 9.17) is 4.74 Å². The molecular weight excluding hydrogens is 352 g/mol. The van der Waals surface area contributed by atoms with E-state index < -0.39 is 6.61 Å². The molecule has 0 spiro atoms. The van der Waals surface area contributed by atoms with Gasteiger partial charge in [0.05, 0.1) is 18.7 Å². The number of thiophene rings is 1. The van der Waals surface area contributed by atoms with Crippen LogP contribution in [0, 0.1) is 6.92 Å². The molecule has 9 heteroatoms. The van der Waals surface area contributed by atoms with Gasteiger partial charge in [0.1, 0.15) is 10.7 Å². The first-order valence-electron chi connectivity index (χ1n) is 7.13. The van der Waals surface area contributed by atoms with Crippen LogP contribution in [0.1, 0.15) is 11.4 Å². The fourth-order valence-electron chi connectivity index (χ4n) is 2.22. The number of hydrogen-bond acceptors (Lipinski definition) is 6. The molecule has 0 bridgehead atoms. The maximum atomic E-state index is 12.4. The molecule has 0 unspecified atom stereocenters. The Morgan fingerprint density at radius 2 is 2.12 bits per heavy atom. The van der Waals surface area contributed by atoms with Gasteiger partial charge >= 0.3 is 6.61 Å². The molecule has 0 fully saturated rings. The Morgan fingerprint density at radius 3 is 2.84 bits per heavy atom. The molecule has 0 saturated carbocycles. The number of methoxy groups -OCH3 is 1. The van der Waals surface area contributed by atoms with Gasteiger partial charge in [0.2, 0.25) is 0 Å². The highest BCUT2D eigenvalue weighted by atomic mass is 32.1. The zero-order chi connectivity index (χ0) is 18.0. The van der Waals surface area contributed by atoms with Crippen LogP contribution in [0.5, 0.6) is 11.5 Å². The van der Waals surface area contributed by atoms with Gasteiger partial charge in [-0.25, -0.2) is 4.98 Å². The van der Waals surface area contributed by atoms with Gasteiger partial charge in [-0.1, -0.05) is 0 Å². The van der Waals surface area contributed by atoms with Crippen molar-refractivity contribution in [2.45, 2.75) is 13.5 Å². The van der Waals surface area contributed by atoms with Crippen molar-refractivity contribution in [3.05, 3.63) is 51.4 Å². The first-order chi connectivity index (χ1) is 12.0. The summed E-state index contributed by atoms with van der Waals surface area (Å²) in [5.74, 6) is 0.505. The van der Waals surface area contributed by atoms with Crippen molar-refractivity contribution in [3.8, 4) is 11.5 Å². The number of nitrogens with zero attached hydrogens (tertiary/aromatic N) is 3. The lowest BCUT2D eigenvalue weighted by molar-refractivity contribution is -0.0512. The van der Waals surface area contributed by atoms with E-state index in [1.54, 1.807) is 18.4 Å². The predicted octanol–water partition coefficient (Wildman–Crippen LogP) is 3.26. The summed E-state index contributed by atoms with van der Waals surface area (Å²) in [6.07, 6.45) is 1.42. The molecule has 0 N–H and O–H groups in total. The average molecular weight is 365 g/mol. The minimum absolute atomic E-state index is 0.0793. The molecule has 3 rings (SSSR count). The highest BCUT2D eigenvalue weighted by molar-refractivity contribution is 7.16. The van der Waals surface area contributed by atoms with Crippen LogP contribution in [0.4, 0.5) is 8.78 Å². The molecule has 2 aromatic heterocycles. The molecule has 0 aliphatic rings. The number of benzene rings is 1. The third-order valence-electron chi connectivity index (χ3n) is 3.36. The predicted molar refractivity (Wildman–Crippen MR) is 91.2 cm³/mol. The summed E-state index contributed by atoms with van der Waals surface area (Å²) in [5, 5.41) is 6.43. The lowest BCUT2D eigenvalue weighted by atomic mass is 10.2. The molecule has 0 aliphatic carbocycles. The van der Waals surface area contributed by atoms with Crippen molar-refractivity contribution in [2.75, 3.05) is 7.11 Å². The van der Waals surface area contributed by atoms with Crippen LogP contribution in [-0.2, 0) is 0 Å². The Hall–Kier alpha value is -2.81. The molecule has 3 aromatic rings. The Labute approximate surface area is 145 Å². The fourth-order valence-corrected chi connectivity index (χ4v) is 3.02. The van der Waals surface area contributed by atoms with Crippen molar-refractivity contribution in [2.24, 2.45) is 5.10 Å². The van der Waals surface area contributed by atoms with Gasteiger partial charge in [0.15, 0.2) is 11.5 Å². The second-order valence-electron chi connectivity index (χ2n) is 4.95. The Morgan fingerprint density at radius 1 is 1.32 bits per heavy atom. The second-order valence-corrected chi connectivity index (χ2v) is 5.84. The van der Waals surface area contributed by atoms with Crippen LogP contribution in [0.25, 0.3) is 10.2 Å². The highest BCUT2D eigenvalue weighted by Gasteiger charge is 2.11. The van der Waals surface area contributed by atoms with E-state index in [0.29, 0.717) is 21.6 Å². The van der Waals surface area contributed by atoms with E-state index in [2.05, 4.69) is 14.8 Å². The summed E-state index contributed by atoms with van der Waals surface area (Å²) < 4.78 is 35.3. The molecule has 0 radical (unpaired) electrons. The van der Waals surface area contributed by atoms with Crippen molar-refractivity contribution in [1.82, 2.24) is 9.66 Å². The number of alkyl halides is 2. The summed E-state index contributed by atoms with van der Waals surface area (Å²) >= 11 is 1.38. The van der Waals surface area contributed by atoms with E-state index in [1.165, 1.54) is 47.5 Å². The van der Waals surface area contributed by atoms with Crippen LogP contribution >= 0.6 is 11.3 Å². The number of aryl methyl sites for hydroxylation is 1. The number of aromatic nitrogens is 2. The third-order valence-corrected chi connectivity index (χ3v) is 4.17. The summed E-state index contributed by atoms with van der Waals surface area (Å²) in [5.41, 5.74) is 0.278. The fraction of sp³-hybridized carbons (Fsp3) is 0.188. The molecule has 0 atom stereocenters. The lowest BCUT2D eigenvalue weighted by Crippen LogP contribution is -2.19. The van der Waals surface area contributed by atoms with Gasteiger partial charge < -0.3 is 9.47 Å². The quantitative estimate of drug-likeness (QED) is 0.651. The summed E-state index contributed by atoms with van der Waals surface area (Å²) in [7, 11) is 1.34. The number of rotatable bonds is 5. The van der Waals surface area contributed by atoms with Crippen LogP contribution in [0.15, 0.2) is 39.5 Å². The molecule has 0 saturated heterocycles. The van der Waals surface area contributed by atoms with Crippen LogP contribution in [0.2, 0.25) is 0 Å². The SMILES string of the molecule is COc1cc(C=Nn2c(C)nc3sccc3c2=O)ccc1OC(F)F. The van der Waals surface area contributed by atoms with Crippen molar-refractivity contribution < 1.29 is 18.3 Å². The van der Waals surface area contributed by atoms with Crippen LogP contribution in [-0.4, -0.2) is 29.6 Å².